The van der Waals surface area contributed by atoms with Gasteiger partial charge in [-0.05, 0) is 24.1 Å². The molecule has 1 atom stereocenters. The Kier molecular flexibility index (Phi) is 4.69. The lowest BCUT2D eigenvalue weighted by molar-refractivity contribution is 0.0957. The van der Waals surface area contributed by atoms with Crippen LogP contribution in [0, 0.1) is 5.82 Å². The Labute approximate surface area is 117 Å². The summed E-state index contributed by atoms with van der Waals surface area (Å²) in [5.41, 5.74) is 1.46. The molecule has 0 amide bonds. The number of halogens is 2. The van der Waals surface area contributed by atoms with Gasteiger partial charge in [-0.3, -0.25) is 4.79 Å². The second-order valence-corrected chi connectivity index (χ2v) is 4.69. The standard InChI is InChI=1S/C16H14ClFO/c17-11-10-15(12-6-8-14(18)9-7-12)16(19)13-4-2-1-3-5-13/h1-9,15H,10-11H2. The maximum Gasteiger partial charge on any atom is 0.170 e. The highest BCUT2D eigenvalue weighted by molar-refractivity contribution is 6.18. The molecule has 0 fully saturated rings. The normalized spacial score (nSPS) is 12.1. The van der Waals surface area contributed by atoms with E-state index in [0.29, 0.717) is 17.9 Å². The highest BCUT2D eigenvalue weighted by Gasteiger charge is 2.21. The Morgan fingerprint density at radius 1 is 1.05 bits per heavy atom. The summed E-state index contributed by atoms with van der Waals surface area (Å²) in [7, 11) is 0. The summed E-state index contributed by atoms with van der Waals surface area (Å²) in [5, 5.41) is 0. The number of carbonyl (C=O) groups excluding carboxylic acids is 1. The second kappa shape index (κ2) is 6.48. The molecule has 0 aromatic heterocycles. The van der Waals surface area contributed by atoms with Crippen molar-refractivity contribution in [2.75, 3.05) is 5.88 Å². The number of ketones is 1. The molecule has 0 spiro atoms. The van der Waals surface area contributed by atoms with Crippen LogP contribution in [-0.2, 0) is 0 Å². The van der Waals surface area contributed by atoms with Gasteiger partial charge in [-0.25, -0.2) is 4.39 Å². The molecule has 1 nitrogen and oxygen atoms in total. The molecule has 2 aromatic carbocycles. The molecule has 19 heavy (non-hydrogen) atoms. The lowest BCUT2D eigenvalue weighted by atomic mass is 9.88. The molecule has 98 valence electrons. The van der Waals surface area contributed by atoms with E-state index in [4.69, 9.17) is 11.6 Å². The Balaban J connectivity index is 2.30. The minimum Gasteiger partial charge on any atom is -0.293 e. The Bertz CT molecular complexity index is 536. The summed E-state index contributed by atoms with van der Waals surface area (Å²) in [5.74, 6) is -0.213. The van der Waals surface area contributed by atoms with Crippen molar-refractivity contribution in [1.29, 1.82) is 0 Å². The van der Waals surface area contributed by atoms with E-state index in [2.05, 4.69) is 0 Å². The first-order chi connectivity index (χ1) is 9.22. The fraction of sp³-hybridized carbons (Fsp3) is 0.188. The lowest BCUT2D eigenvalue weighted by Gasteiger charge is -2.15. The molecule has 0 aliphatic heterocycles. The first-order valence-corrected chi connectivity index (χ1v) is 6.66. The maximum atomic E-state index is 12.9. The van der Waals surface area contributed by atoms with Crippen molar-refractivity contribution in [2.24, 2.45) is 0 Å². The zero-order valence-electron chi connectivity index (χ0n) is 10.4. The van der Waals surface area contributed by atoms with Gasteiger partial charge >= 0.3 is 0 Å². The first-order valence-electron chi connectivity index (χ1n) is 6.13. The van der Waals surface area contributed by atoms with Gasteiger partial charge in [0.1, 0.15) is 5.82 Å². The first kappa shape index (κ1) is 13.8. The topological polar surface area (TPSA) is 17.1 Å². The van der Waals surface area contributed by atoms with Crippen molar-refractivity contribution in [1.82, 2.24) is 0 Å². The largest absolute Gasteiger partial charge is 0.293 e. The molecular weight excluding hydrogens is 263 g/mol. The minimum absolute atomic E-state index is 0.0212. The average Bonchev–Trinajstić information content (AvgIpc) is 2.46. The molecule has 2 rings (SSSR count). The van der Waals surface area contributed by atoms with Crippen LogP contribution in [0.4, 0.5) is 4.39 Å². The zero-order valence-corrected chi connectivity index (χ0v) is 11.1. The summed E-state index contributed by atoms with van der Waals surface area (Å²) in [6.45, 7) is 0. The summed E-state index contributed by atoms with van der Waals surface area (Å²) < 4.78 is 12.9. The number of benzene rings is 2. The summed E-state index contributed by atoms with van der Waals surface area (Å²) in [6.07, 6.45) is 0.543. The van der Waals surface area contributed by atoms with Crippen LogP contribution in [0.3, 0.4) is 0 Å². The molecular formula is C16H14ClFO. The van der Waals surface area contributed by atoms with Gasteiger partial charge in [-0.1, -0.05) is 42.5 Å². The Morgan fingerprint density at radius 2 is 1.68 bits per heavy atom. The number of rotatable bonds is 5. The van der Waals surface area contributed by atoms with Gasteiger partial charge in [-0.2, -0.15) is 0 Å². The molecule has 0 heterocycles. The third-order valence-corrected chi connectivity index (χ3v) is 3.26. The highest BCUT2D eigenvalue weighted by atomic mass is 35.5. The van der Waals surface area contributed by atoms with Crippen LogP contribution in [0.1, 0.15) is 28.3 Å². The van der Waals surface area contributed by atoms with Gasteiger partial charge in [0, 0.05) is 17.4 Å². The van der Waals surface area contributed by atoms with Crippen LogP contribution < -0.4 is 0 Å². The fourth-order valence-corrected chi connectivity index (χ4v) is 2.28. The van der Waals surface area contributed by atoms with Crippen LogP contribution in [0.25, 0.3) is 0 Å². The molecule has 0 radical (unpaired) electrons. The van der Waals surface area contributed by atoms with Crippen LogP contribution in [0.15, 0.2) is 54.6 Å². The van der Waals surface area contributed by atoms with Crippen molar-refractivity contribution < 1.29 is 9.18 Å². The Hall–Kier alpha value is -1.67. The second-order valence-electron chi connectivity index (χ2n) is 4.31. The van der Waals surface area contributed by atoms with E-state index in [9.17, 15) is 9.18 Å². The molecule has 0 N–H and O–H groups in total. The van der Waals surface area contributed by atoms with Crippen LogP contribution in [0.2, 0.25) is 0 Å². The summed E-state index contributed by atoms with van der Waals surface area (Å²) >= 11 is 5.78. The molecule has 0 saturated carbocycles. The molecule has 0 bridgehead atoms. The van der Waals surface area contributed by atoms with Crippen molar-refractivity contribution in [3.05, 3.63) is 71.5 Å². The van der Waals surface area contributed by atoms with Crippen molar-refractivity contribution in [2.45, 2.75) is 12.3 Å². The fourth-order valence-electron chi connectivity index (χ4n) is 2.06. The predicted octanol–water partition coefficient (Wildman–Crippen LogP) is 4.42. The van der Waals surface area contributed by atoms with Crippen molar-refractivity contribution in [3.63, 3.8) is 0 Å². The van der Waals surface area contributed by atoms with E-state index in [0.717, 1.165) is 5.56 Å². The predicted molar refractivity (Wildman–Crippen MR) is 75.3 cm³/mol. The van der Waals surface area contributed by atoms with Crippen LogP contribution in [-0.4, -0.2) is 11.7 Å². The zero-order chi connectivity index (χ0) is 13.7. The SMILES string of the molecule is O=C(c1ccccc1)C(CCCl)c1ccc(F)cc1. The minimum atomic E-state index is -0.319. The van der Waals surface area contributed by atoms with Gasteiger partial charge in [0.25, 0.3) is 0 Å². The molecule has 0 aliphatic carbocycles. The molecule has 3 heteroatoms. The van der Waals surface area contributed by atoms with Crippen molar-refractivity contribution in [3.8, 4) is 0 Å². The molecule has 0 aliphatic rings. The van der Waals surface area contributed by atoms with E-state index in [1.165, 1.54) is 12.1 Å². The Morgan fingerprint density at radius 3 is 2.26 bits per heavy atom. The van der Waals surface area contributed by atoms with Gasteiger partial charge < -0.3 is 0 Å². The van der Waals surface area contributed by atoms with Gasteiger partial charge in [0.05, 0.1) is 0 Å². The molecule has 2 aromatic rings. The number of carbonyl (C=O) groups is 1. The smallest absolute Gasteiger partial charge is 0.170 e. The van der Waals surface area contributed by atoms with Gasteiger partial charge in [0.15, 0.2) is 5.78 Å². The van der Waals surface area contributed by atoms with Gasteiger partial charge in [0.2, 0.25) is 0 Å². The number of hydrogen-bond acceptors (Lipinski definition) is 1. The van der Waals surface area contributed by atoms with E-state index < -0.39 is 0 Å². The maximum absolute atomic E-state index is 12.9. The van der Waals surface area contributed by atoms with E-state index in [1.807, 2.05) is 18.2 Å². The number of alkyl halides is 1. The highest BCUT2D eigenvalue weighted by Crippen LogP contribution is 2.25. The third-order valence-electron chi connectivity index (χ3n) is 3.04. The third kappa shape index (κ3) is 3.42. The number of Topliss-reactive ketones (excluding diaryl/α,β-unsaturated/α-hetero) is 1. The van der Waals surface area contributed by atoms with E-state index >= 15 is 0 Å². The van der Waals surface area contributed by atoms with Crippen LogP contribution >= 0.6 is 11.6 Å². The number of hydrogen-bond donors (Lipinski definition) is 0. The van der Waals surface area contributed by atoms with Gasteiger partial charge in [-0.15, -0.1) is 11.6 Å². The lowest BCUT2D eigenvalue weighted by Crippen LogP contribution is -2.13. The molecule has 0 saturated heterocycles. The van der Waals surface area contributed by atoms with Crippen molar-refractivity contribution >= 4 is 17.4 Å². The summed E-state index contributed by atoms with van der Waals surface area (Å²) in [6, 6.07) is 15.1. The summed E-state index contributed by atoms with van der Waals surface area (Å²) in [4.78, 5) is 12.5. The van der Waals surface area contributed by atoms with Crippen LogP contribution in [0.5, 0.6) is 0 Å². The molecule has 1 unspecified atom stereocenters. The monoisotopic (exact) mass is 276 g/mol. The van der Waals surface area contributed by atoms with E-state index in [-0.39, 0.29) is 17.5 Å². The quantitative estimate of drug-likeness (QED) is 0.583. The van der Waals surface area contributed by atoms with E-state index in [1.54, 1.807) is 24.3 Å². The average molecular weight is 277 g/mol.